The zero-order valence-corrected chi connectivity index (χ0v) is 15.6. The lowest BCUT2D eigenvalue weighted by Crippen LogP contribution is -2.49. The zero-order valence-electron chi connectivity index (χ0n) is 14.8. The van der Waals surface area contributed by atoms with E-state index in [9.17, 15) is 4.79 Å². The first-order chi connectivity index (χ1) is 12.4. The molecule has 26 heavy (non-hydrogen) atoms. The molecule has 0 unspecified atom stereocenters. The van der Waals surface area contributed by atoms with Gasteiger partial charge in [0, 0.05) is 19.0 Å². The van der Waals surface area contributed by atoms with Crippen molar-refractivity contribution in [3.63, 3.8) is 0 Å². The molecule has 2 aromatic heterocycles. The number of benzene rings is 1. The van der Waals surface area contributed by atoms with Crippen LogP contribution in [-0.2, 0) is 7.05 Å². The molecule has 6 nitrogen and oxygen atoms in total. The average Bonchev–Trinajstić information content (AvgIpc) is 3.05. The first kappa shape index (κ1) is 15.6. The Labute approximate surface area is 153 Å². The number of aromatic nitrogens is 3. The molecule has 7 heteroatoms. The van der Waals surface area contributed by atoms with E-state index < -0.39 is 5.72 Å². The quantitative estimate of drug-likeness (QED) is 0.656. The number of nitrogens with zero attached hydrogens (tertiary/aromatic N) is 4. The summed E-state index contributed by atoms with van der Waals surface area (Å²) in [5, 5.41) is 4.35. The van der Waals surface area contributed by atoms with Crippen molar-refractivity contribution in [3.05, 3.63) is 67.0 Å². The molecule has 0 fully saturated rings. The molecule has 0 spiro atoms. The maximum absolute atomic E-state index is 13.2. The number of rotatable bonds is 1. The van der Waals surface area contributed by atoms with Gasteiger partial charge in [-0.1, -0.05) is 29.5 Å². The van der Waals surface area contributed by atoms with Crippen LogP contribution in [0.25, 0.3) is 6.08 Å². The van der Waals surface area contributed by atoms with E-state index in [4.69, 9.17) is 9.73 Å². The Morgan fingerprint density at radius 1 is 1.38 bits per heavy atom. The number of thiazole rings is 1. The second kappa shape index (κ2) is 5.17. The SMILES string of the molecule is Cc1cc(/C=c2\sc3n(c2=O)[C@H]2C[C@@](C)(N=3)Oc3ccccc32)n(C)n1. The number of para-hydroxylation sites is 1. The molecule has 0 radical (unpaired) electrons. The number of fused-ring (bicyclic) bond motifs is 6. The smallest absolute Gasteiger partial charge is 0.270 e. The Bertz CT molecular complexity index is 1220. The molecule has 3 aromatic rings. The molecule has 132 valence electrons. The summed E-state index contributed by atoms with van der Waals surface area (Å²) in [7, 11) is 1.88. The van der Waals surface area contributed by atoms with Crippen molar-refractivity contribution in [3.8, 4) is 5.75 Å². The molecule has 0 N–H and O–H groups in total. The fourth-order valence-corrected chi connectivity index (χ4v) is 4.95. The predicted octanol–water partition coefficient (Wildman–Crippen LogP) is 1.50. The average molecular weight is 366 g/mol. The third kappa shape index (κ3) is 2.20. The largest absolute Gasteiger partial charge is 0.466 e. The van der Waals surface area contributed by atoms with E-state index in [-0.39, 0.29) is 11.6 Å². The van der Waals surface area contributed by atoms with Crippen LogP contribution < -0.4 is 19.6 Å². The van der Waals surface area contributed by atoms with Crippen LogP contribution in [0.2, 0.25) is 0 Å². The van der Waals surface area contributed by atoms with Gasteiger partial charge in [-0.2, -0.15) is 5.10 Å². The van der Waals surface area contributed by atoms with Gasteiger partial charge < -0.3 is 4.74 Å². The van der Waals surface area contributed by atoms with Crippen LogP contribution >= 0.6 is 11.3 Å². The summed E-state index contributed by atoms with van der Waals surface area (Å²) in [5.41, 5.74) is 2.25. The fraction of sp³-hybridized carbons (Fsp3) is 0.316. The van der Waals surface area contributed by atoms with Gasteiger partial charge in [-0.15, -0.1) is 0 Å². The molecule has 2 atom stereocenters. The second-order valence-corrected chi connectivity index (χ2v) is 8.06. The van der Waals surface area contributed by atoms with Gasteiger partial charge >= 0.3 is 0 Å². The minimum Gasteiger partial charge on any atom is -0.466 e. The lowest BCUT2D eigenvalue weighted by molar-refractivity contribution is 0.0410. The normalized spacial score (nSPS) is 23.8. The first-order valence-electron chi connectivity index (χ1n) is 8.55. The van der Waals surface area contributed by atoms with Gasteiger partial charge in [-0.3, -0.25) is 14.0 Å². The summed E-state index contributed by atoms with van der Waals surface area (Å²) < 4.78 is 10.4. The summed E-state index contributed by atoms with van der Waals surface area (Å²) in [4.78, 5) is 18.6. The van der Waals surface area contributed by atoms with Crippen molar-refractivity contribution < 1.29 is 4.74 Å². The van der Waals surface area contributed by atoms with Crippen molar-refractivity contribution in [1.29, 1.82) is 0 Å². The van der Waals surface area contributed by atoms with Gasteiger partial charge in [0.2, 0.25) is 5.72 Å². The zero-order chi connectivity index (χ0) is 18.1. The summed E-state index contributed by atoms with van der Waals surface area (Å²) in [6.45, 7) is 3.93. The molecule has 2 aliphatic heterocycles. The van der Waals surface area contributed by atoms with Gasteiger partial charge in [-0.05, 0) is 32.1 Å². The topological polar surface area (TPSA) is 61.4 Å². The second-order valence-electron chi connectivity index (χ2n) is 7.05. The van der Waals surface area contributed by atoms with E-state index in [1.54, 1.807) is 4.68 Å². The number of hydrogen-bond donors (Lipinski definition) is 0. The monoisotopic (exact) mass is 366 g/mol. The predicted molar refractivity (Wildman–Crippen MR) is 99.1 cm³/mol. The van der Waals surface area contributed by atoms with Crippen molar-refractivity contribution in [2.24, 2.45) is 12.0 Å². The van der Waals surface area contributed by atoms with Crippen LogP contribution in [0.3, 0.4) is 0 Å². The van der Waals surface area contributed by atoms with Crippen LogP contribution in [0.5, 0.6) is 5.75 Å². The third-order valence-electron chi connectivity index (χ3n) is 4.98. The number of ether oxygens (including phenoxy) is 1. The van der Waals surface area contributed by atoms with Crippen LogP contribution in [0.4, 0.5) is 0 Å². The van der Waals surface area contributed by atoms with Gasteiger partial charge in [0.1, 0.15) is 5.75 Å². The van der Waals surface area contributed by atoms with Crippen LogP contribution in [-0.4, -0.2) is 20.1 Å². The molecular weight excluding hydrogens is 348 g/mol. The van der Waals surface area contributed by atoms with Crippen LogP contribution in [0, 0.1) is 6.92 Å². The molecule has 5 rings (SSSR count). The van der Waals surface area contributed by atoms with Gasteiger partial charge in [-0.25, -0.2) is 4.99 Å². The first-order valence-corrected chi connectivity index (χ1v) is 9.37. The van der Waals surface area contributed by atoms with Gasteiger partial charge in [0.05, 0.1) is 22.0 Å². The fourth-order valence-electron chi connectivity index (χ4n) is 3.84. The highest BCUT2D eigenvalue weighted by atomic mass is 32.1. The molecule has 0 aliphatic carbocycles. The molecule has 0 amide bonds. The Kier molecular flexibility index (Phi) is 3.10. The molecule has 2 bridgehead atoms. The van der Waals surface area contributed by atoms with Crippen molar-refractivity contribution in [1.82, 2.24) is 14.3 Å². The summed E-state index contributed by atoms with van der Waals surface area (Å²) in [6, 6.07) is 9.84. The van der Waals surface area contributed by atoms with E-state index in [1.807, 2.05) is 61.9 Å². The van der Waals surface area contributed by atoms with E-state index in [0.717, 1.165) is 22.7 Å². The molecule has 0 saturated heterocycles. The van der Waals surface area contributed by atoms with Crippen LogP contribution in [0.15, 0.2) is 40.1 Å². The Hall–Kier alpha value is -2.67. The maximum atomic E-state index is 13.2. The Morgan fingerprint density at radius 3 is 2.96 bits per heavy atom. The number of aryl methyl sites for hydroxylation is 2. The highest BCUT2D eigenvalue weighted by Crippen LogP contribution is 2.42. The number of hydrogen-bond acceptors (Lipinski definition) is 5. The molecule has 2 aliphatic rings. The van der Waals surface area contributed by atoms with E-state index in [0.29, 0.717) is 15.8 Å². The van der Waals surface area contributed by atoms with Crippen molar-refractivity contribution in [2.75, 3.05) is 0 Å². The minimum absolute atomic E-state index is 0.00337. The Morgan fingerprint density at radius 2 is 2.19 bits per heavy atom. The third-order valence-corrected chi connectivity index (χ3v) is 5.96. The van der Waals surface area contributed by atoms with E-state index in [1.165, 1.54) is 11.3 Å². The minimum atomic E-state index is -0.628. The molecule has 1 aromatic carbocycles. The van der Waals surface area contributed by atoms with E-state index in [2.05, 4.69) is 5.10 Å². The standard InChI is InChI=1S/C19H18N4O2S/c1-11-8-12(22(3)21-11)9-16-17(24)23-14-10-19(2,20-18(23)26-16)25-15-7-5-4-6-13(14)15/h4-9,14H,10H2,1-3H3/b16-9-/t14-,19-/m0/s1. The van der Waals surface area contributed by atoms with Crippen molar-refractivity contribution in [2.45, 2.75) is 32.0 Å². The highest BCUT2D eigenvalue weighted by Gasteiger charge is 2.42. The Balaban J connectivity index is 1.77. The highest BCUT2D eigenvalue weighted by molar-refractivity contribution is 7.07. The van der Waals surface area contributed by atoms with Gasteiger partial charge in [0.15, 0.2) is 4.80 Å². The summed E-state index contributed by atoms with van der Waals surface area (Å²) in [6.07, 6.45) is 2.56. The lowest BCUT2D eigenvalue weighted by Gasteiger charge is -2.39. The van der Waals surface area contributed by atoms with Gasteiger partial charge in [0.25, 0.3) is 5.56 Å². The molecule has 4 heterocycles. The maximum Gasteiger partial charge on any atom is 0.270 e. The summed E-state index contributed by atoms with van der Waals surface area (Å²) in [5.74, 6) is 0.812. The molecule has 0 saturated carbocycles. The summed E-state index contributed by atoms with van der Waals surface area (Å²) >= 11 is 1.41. The lowest BCUT2D eigenvalue weighted by atomic mass is 9.93. The van der Waals surface area contributed by atoms with E-state index >= 15 is 0 Å². The van der Waals surface area contributed by atoms with Crippen LogP contribution in [0.1, 0.15) is 36.3 Å². The van der Waals surface area contributed by atoms with Crippen molar-refractivity contribution >= 4 is 17.4 Å². The molecular formula is C19H18N4O2S.